The van der Waals surface area contributed by atoms with Gasteiger partial charge in [-0.15, -0.1) is 0 Å². The van der Waals surface area contributed by atoms with Gasteiger partial charge in [-0.2, -0.15) is 0 Å². The molecular weight excluding hydrogens is 406 g/mol. The van der Waals surface area contributed by atoms with Crippen LogP contribution in [-0.4, -0.2) is 66.0 Å². The molecule has 0 spiro atoms. The molecular formula is C25H35N3O4. The van der Waals surface area contributed by atoms with Crippen LogP contribution in [-0.2, 0) is 20.7 Å². The minimum Gasteiger partial charge on any atom is -0.444 e. The quantitative estimate of drug-likeness (QED) is 0.705. The number of hydrogen-bond acceptors (Lipinski definition) is 4. The second kappa shape index (κ2) is 9.12. The highest BCUT2D eigenvalue weighted by Crippen LogP contribution is 2.36. The summed E-state index contributed by atoms with van der Waals surface area (Å²) in [5, 5.41) is 0. The summed E-state index contributed by atoms with van der Waals surface area (Å²) in [4.78, 5) is 44.7. The van der Waals surface area contributed by atoms with Crippen LogP contribution in [0.1, 0.15) is 52.0 Å². The smallest absolute Gasteiger partial charge is 0.410 e. The largest absolute Gasteiger partial charge is 0.444 e. The third kappa shape index (κ3) is 4.76. The Labute approximate surface area is 190 Å². The fourth-order valence-corrected chi connectivity index (χ4v) is 5.16. The molecule has 32 heavy (non-hydrogen) atoms. The summed E-state index contributed by atoms with van der Waals surface area (Å²) in [7, 11) is 0. The lowest BCUT2D eigenvalue weighted by atomic mass is 9.77. The first kappa shape index (κ1) is 22.6. The van der Waals surface area contributed by atoms with E-state index in [-0.39, 0.29) is 29.7 Å². The average molecular weight is 442 g/mol. The van der Waals surface area contributed by atoms with Crippen molar-refractivity contribution in [3.63, 3.8) is 0 Å². The van der Waals surface area contributed by atoms with Crippen LogP contribution in [0, 0.1) is 11.8 Å². The summed E-state index contributed by atoms with van der Waals surface area (Å²) in [6, 6.07) is 8.07. The molecule has 1 aromatic carbocycles. The Hall–Kier alpha value is -2.57. The van der Waals surface area contributed by atoms with E-state index in [0.29, 0.717) is 32.7 Å². The normalized spacial score (nSPS) is 23.7. The fraction of sp³-hybridized carbons (Fsp3) is 0.640. The van der Waals surface area contributed by atoms with Gasteiger partial charge >= 0.3 is 6.09 Å². The maximum Gasteiger partial charge on any atom is 0.410 e. The van der Waals surface area contributed by atoms with E-state index in [1.165, 1.54) is 5.56 Å². The first-order chi connectivity index (χ1) is 15.2. The molecule has 2 atom stereocenters. The lowest BCUT2D eigenvalue weighted by molar-refractivity contribution is -0.144. The summed E-state index contributed by atoms with van der Waals surface area (Å²) < 4.78 is 5.46. The lowest BCUT2D eigenvalue weighted by Gasteiger charge is -2.39. The molecule has 2 heterocycles. The van der Waals surface area contributed by atoms with Gasteiger partial charge in [-0.1, -0.05) is 31.0 Å². The molecule has 0 aromatic heterocycles. The van der Waals surface area contributed by atoms with Crippen molar-refractivity contribution >= 4 is 23.6 Å². The Morgan fingerprint density at radius 2 is 1.44 bits per heavy atom. The van der Waals surface area contributed by atoms with Gasteiger partial charge in [0.2, 0.25) is 11.8 Å². The van der Waals surface area contributed by atoms with Gasteiger partial charge in [-0.05, 0) is 51.7 Å². The van der Waals surface area contributed by atoms with Gasteiger partial charge in [-0.3, -0.25) is 9.59 Å². The first-order valence-electron chi connectivity index (χ1n) is 11.9. The number of hydrogen-bond donors (Lipinski definition) is 0. The Bertz CT molecular complexity index is 870. The lowest BCUT2D eigenvalue weighted by Crippen LogP contribution is -2.54. The number of carbonyl (C=O) groups is 3. The van der Waals surface area contributed by atoms with Gasteiger partial charge < -0.3 is 19.4 Å². The molecule has 0 bridgehead atoms. The number of carbonyl (C=O) groups excluding carboxylic acids is 3. The molecule has 0 radical (unpaired) electrons. The van der Waals surface area contributed by atoms with Crippen molar-refractivity contribution in [1.29, 1.82) is 0 Å². The van der Waals surface area contributed by atoms with Crippen molar-refractivity contribution in [1.82, 2.24) is 9.80 Å². The monoisotopic (exact) mass is 441 g/mol. The molecule has 3 aliphatic rings. The highest BCUT2D eigenvalue weighted by molar-refractivity contribution is 5.99. The zero-order chi connectivity index (χ0) is 22.9. The van der Waals surface area contributed by atoms with E-state index in [1.807, 2.05) is 48.8 Å². The van der Waals surface area contributed by atoms with Gasteiger partial charge in [0.1, 0.15) is 5.60 Å². The van der Waals surface area contributed by atoms with Crippen molar-refractivity contribution in [2.75, 3.05) is 37.6 Å². The Morgan fingerprint density at radius 1 is 0.844 bits per heavy atom. The average Bonchev–Trinajstić information content (AvgIpc) is 3.21. The Kier molecular flexibility index (Phi) is 6.45. The number of piperazine rings is 1. The molecule has 3 amide bonds. The third-order valence-electron chi connectivity index (χ3n) is 6.80. The number of rotatable bonds is 2. The highest BCUT2D eigenvalue weighted by Gasteiger charge is 2.41. The van der Waals surface area contributed by atoms with Crippen LogP contribution >= 0.6 is 0 Å². The van der Waals surface area contributed by atoms with E-state index >= 15 is 0 Å². The second-order valence-electron chi connectivity index (χ2n) is 10.2. The van der Waals surface area contributed by atoms with E-state index in [4.69, 9.17) is 4.74 Å². The van der Waals surface area contributed by atoms with Gasteiger partial charge in [0.25, 0.3) is 0 Å². The van der Waals surface area contributed by atoms with E-state index in [2.05, 4.69) is 6.07 Å². The summed E-state index contributed by atoms with van der Waals surface area (Å²) in [5.74, 6) is -0.358. The van der Waals surface area contributed by atoms with Crippen LogP contribution in [0.25, 0.3) is 0 Å². The van der Waals surface area contributed by atoms with E-state index in [1.54, 1.807) is 4.90 Å². The maximum absolute atomic E-state index is 13.5. The van der Waals surface area contributed by atoms with Gasteiger partial charge in [-0.25, -0.2) is 4.79 Å². The Balaban J connectivity index is 1.40. The fourth-order valence-electron chi connectivity index (χ4n) is 5.16. The molecule has 2 unspecified atom stereocenters. The van der Waals surface area contributed by atoms with Crippen LogP contribution in [0.5, 0.6) is 0 Å². The summed E-state index contributed by atoms with van der Waals surface area (Å²) in [5.41, 5.74) is 1.67. The topological polar surface area (TPSA) is 70.2 Å². The van der Waals surface area contributed by atoms with Crippen molar-refractivity contribution in [2.24, 2.45) is 11.8 Å². The molecule has 1 saturated carbocycles. The van der Waals surface area contributed by atoms with Crippen LogP contribution in [0.4, 0.5) is 10.5 Å². The number of para-hydroxylation sites is 1. The predicted molar refractivity (Wildman–Crippen MR) is 122 cm³/mol. The van der Waals surface area contributed by atoms with Crippen LogP contribution < -0.4 is 4.90 Å². The minimum absolute atomic E-state index is 0.0689. The third-order valence-corrected chi connectivity index (χ3v) is 6.80. The second-order valence-corrected chi connectivity index (χ2v) is 10.2. The zero-order valence-corrected chi connectivity index (χ0v) is 19.5. The maximum atomic E-state index is 13.5. The van der Waals surface area contributed by atoms with Crippen molar-refractivity contribution in [3.8, 4) is 0 Å². The molecule has 2 aliphatic heterocycles. The molecule has 1 aromatic rings. The van der Waals surface area contributed by atoms with E-state index < -0.39 is 5.60 Å². The zero-order valence-electron chi connectivity index (χ0n) is 19.5. The molecule has 7 heteroatoms. The standard InChI is InChI=1S/C25H35N3O4/c1-25(2,3)32-24(31)27-16-14-26(15-17-27)22(29)19-9-5-6-10-20(19)23(30)28-13-12-18-8-4-7-11-21(18)28/h4,7-8,11,19-20H,5-6,9-10,12-17H2,1-3H3. The van der Waals surface area contributed by atoms with Crippen LogP contribution in [0.15, 0.2) is 24.3 Å². The number of ether oxygens (including phenoxy) is 1. The number of fused-ring (bicyclic) bond motifs is 1. The number of amides is 3. The molecule has 174 valence electrons. The molecule has 7 nitrogen and oxygen atoms in total. The number of nitrogens with zero attached hydrogens (tertiary/aromatic N) is 3. The van der Waals surface area contributed by atoms with Crippen molar-refractivity contribution < 1.29 is 19.1 Å². The molecule has 0 N–H and O–H groups in total. The van der Waals surface area contributed by atoms with Gasteiger partial charge in [0.05, 0.1) is 5.92 Å². The SMILES string of the molecule is CC(C)(C)OC(=O)N1CCN(C(=O)C2CCCCC2C(=O)N2CCc3ccccc32)CC1. The summed E-state index contributed by atoms with van der Waals surface area (Å²) in [6.07, 6.45) is 4.04. The van der Waals surface area contributed by atoms with Crippen LogP contribution in [0.3, 0.4) is 0 Å². The molecule has 4 rings (SSSR count). The highest BCUT2D eigenvalue weighted by atomic mass is 16.6. The van der Waals surface area contributed by atoms with E-state index in [0.717, 1.165) is 37.8 Å². The van der Waals surface area contributed by atoms with Gasteiger partial charge in [0.15, 0.2) is 0 Å². The summed E-state index contributed by atoms with van der Waals surface area (Å²) in [6.45, 7) is 8.15. The predicted octanol–water partition coefficient (Wildman–Crippen LogP) is 3.46. The van der Waals surface area contributed by atoms with Crippen LogP contribution in [0.2, 0.25) is 0 Å². The molecule has 1 saturated heterocycles. The minimum atomic E-state index is -0.534. The Morgan fingerprint density at radius 3 is 2.09 bits per heavy atom. The van der Waals surface area contributed by atoms with E-state index in [9.17, 15) is 14.4 Å². The number of anilines is 1. The van der Waals surface area contributed by atoms with Crippen molar-refractivity contribution in [3.05, 3.63) is 29.8 Å². The molecule has 2 fully saturated rings. The number of benzene rings is 1. The first-order valence-corrected chi connectivity index (χ1v) is 11.9. The van der Waals surface area contributed by atoms with Crippen molar-refractivity contribution in [2.45, 2.75) is 58.5 Å². The summed E-state index contributed by atoms with van der Waals surface area (Å²) >= 11 is 0. The van der Waals surface area contributed by atoms with Gasteiger partial charge in [0, 0.05) is 44.3 Å². The molecule has 1 aliphatic carbocycles.